The molecule has 0 aliphatic heterocycles. The van der Waals surface area contributed by atoms with E-state index < -0.39 is 0 Å². The van der Waals surface area contributed by atoms with Crippen LogP contribution in [0.15, 0.2) is 4.99 Å². The molecule has 2 N–H and O–H groups in total. The van der Waals surface area contributed by atoms with Crippen molar-refractivity contribution in [2.45, 2.75) is 77.4 Å². The first-order valence-corrected chi connectivity index (χ1v) is 9.08. The summed E-state index contributed by atoms with van der Waals surface area (Å²) in [5, 5.41) is 15.5. The predicted molar refractivity (Wildman–Crippen MR) is 108 cm³/mol. The largest absolute Gasteiger partial charge is 0.354 e. The molecular formula is C17H31IN6. The molecule has 2 saturated carbocycles. The number of hydrogen-bond acceptors (Lipinski definition) is 3. The monoisotopic (exact) mass is 446 g/mol. The van der Waals surface area contributed by atoms with Crippen molar-refractivity contribution >= 4 is 29.9 Å². The molecule has 0 saturated heterocycles. The third-order valence-corrected chi connectivity index (χ3v) is 5.18. The van der Waals surface area contributed by atoms with E-state index in [9.17, 15) is 0 Å². The SMILES string of the molecule is CCC1CCCC(NC(=NCc2nnc(C)n2C)NC2CC2)C1.I. The van der Waals surface area contributed by atoms with Crippen LogP contribution < -0.4 is 10.6 Å². The Hall–Kier alpha value is -0.860. The van der Waals surface area contributed by atoms with Crippen molar-refractivity contribution < 1.29 is 0 Å². The molecular weight excluding hydrogens is 415 g/mol. The van der Waals surface area contributed by atoms with E-state index >= 15 is 0 Å². The van der Waals surface area contributed by atoms with Gasteiger partial charge in [-0.05, 0) is 38.5 Å². The Morgan fingerprint density at radius 1 is 1.17 bits per heavy atom. The van der Waals surface area contributed by atoms with Gasteiger partial charge < -0.3 is 15.2 Å². The second-order valence-corrected chi connectivity index (χ2v) is 7.09. The van der Waals surface area contributed by atoms with Crippen LogP contribution in [0.1, 0.15) is 63.5 Å². The lowest BCUT2D eigenvalue weighted by Crippen LogP contribution is -2.46. The third kappa shape index (κ3) is 5.32. The summed E-state index contributed by atoms with van der Waals surface area (Å²) < 4.78 is 2.01. The summed E-state index contributed by atoms with van der Waals surface area (Å²) in [6.45, 7) is 4.85. The summed E-state index contributed by atoms with van der Waals surface area (Å²) in [6, 6.07) is 1.16. The molecule has 2 unspecified atom stereocenters. The molecule has 0 amide bonds. The van der Waals surface area contributed by atoms with Gasteiger partial charge in [0.15, 0.2) is 11.8 Å². The first-order chi connectivity index (χ1) is 11.2. The van der Waals surface area contributed by atoms with Crippen LogP contribution in [-0.4, -0.2) is 32.8 Å². The van der Waals surface area contributed by atoms with E-state index in [1.54, 1.807) is 0 Å². The van der Waals surface area contributed by atoms with Gasteiger partial charge in [-0.1, -0.05) is 26.2 Å². The van der Waals surface area contributed by atoms with Crippen molar-refractivity contribution in [3.8, 4) is 0 Å². The lowest BCUT2D eigenvalue weighted by molar-refractivity contribution is 0.298. The first-order valence-electron chi connectivity index (χ1n) is 9.08. The highest BCUT2D eigenvalue weighted by atomic mass is 127. The molecule has 2 atom stereocenters. The summed E-state index contributed by atoms with van der Waals surface area (Å²) in [6.07, 6.45) is 9.04. The van der Waals surface area contributed by atoms with Gasteiger partial charge in [-0.2, -0.15) is 0 Å². The number of nitrogens with one attached hydrogen (secondary N) is 2. The zero-order valence-electron chi connectivity index (χ0n) is 15.1. The standard InChI is InChI=1S/C17H30N6.HI/c1-4-13-6-5-7-15(10-13)20-17(19-14-8-9-14)18-11-16-22-21-12(2)23(16)3;/h13-15H,4-11H2,1-3H3,(H2,18,19,20);1H. The molecule has 0 bridgehead atoms. The number of hydrogen-bond donors (Lipinski definition) is 2. The number of nitrogens with zero attached hydrogens (tertiary/aromatic N) is 4. The molecule has 3 rings (SSSR count). The van der Waals surface area contributed by atoms with Gasteiger partial charge in [0, 0.05) is 19.1 Å². The lowest BCUT2D eigenvalue weighted by atomic mass is 9.84. The molecule has 0 aromatic carbocycles. The fourth-order valence-electron chi connectivity index (χ4n) is 3.28. The maximum Gasteiger partial charge on any atom is 0.192 e. The number of halogens is 1. The normalized spacial score (nSPS) is 24.4. The van der Waals surface area contributed by atoms with Crippen molar-refractivity contribution in [2.75, 3.05) is 0 Å². The van der Waals surface area contributed by atoms with E-state index in [1.807, 2.05) is 18.5 Å². The highest BCUT2D eigenvalue weighted by Crippen LogP contribution is 2.26. The summed E-state index contributed by atoms with van der Waals surface area (Å²) in [5.41, 5.74) is 0. The second-order valence-electron chi connectivity index (χ2n) is 7.09. The van der Waals surface area contributed by atoms with Gasteiger partial charge in [0.2, 0.25) is 0 Å². The molecule has 2 aliphatic carbocycles. The van der Waals surface area contributed by atoms with Crippen LogP contribution >= 0.6 is 24.0 Å². The van der Waals surface area contributed by atoms with E-state index in [-0.39, 0.29) is 24.0 Å². The van der Waals surface area contributed by atoms with Crippen LogP contribution in [0, 0.1) is 12.8 Å². The molecule has 7 heteroatoms. The molecule has 1 heterocycles. The molecule has 1 aromatic rings. The number of guanidine groups is 1. The fourth-order valence-corrected chi connectivity index (χ4v) is 3.28. The van der Waals surface area contributed by atoms with Crippen LogP contribution in [0.2, 0.25) is 0 Å². The van der Waals surface area contributed by atoms with Crippen molar-refractivity contribution in [1.29, 1.82) is 0 Å². The molecule has 0 spiro atoms. The van der Waals surface area contributed by atoms with Gasteiger partial charge in [0.1, 0.15) is 12.4 Å². The van der Waals surface area contributed by atoms with Gasteiger partial charge in [0.25, 0.3) is 0 Å². The molecule has 6 nitrogen and oxygen atoms in total. The van der Waals surface area contributed by atoms with Gasteiger partial charge in [-0.25, -0.2) is 4.99 Å². The van der Waals surface area contributed by atoms with E-state index in [0.717, 1.165) is 23.5 Å². The molecule has 136 valence electrons. The minimum absolute atomic E-state index is 0. The van der Waals surface area contributed by atoms with Crippen molar-refractivity contribution in [3.63, 3.8) is 0 Å². The van der Waals surface area contributed by atoms with Crippen LogP contribution in [0.4, 0.5) is 0 Å². The minimum atomic E-state index is 0. The number of aromatic nitrogens is 3. The Morgan fingerprint density at radius 2 is 1.92 bits per heavy atom. The Morgan fingerprint density at radius 3 is 2.54 bits per heavy atom. The van der Waals surface area contributed by atoms with Crippen LogP contribution in [0.3, 0.4) is 0 Å². The third-order valence-electron chi connectivity index (χ3n) is 5.18. The van der Waals surface area contributed by atoms with E-state index in [4.69, 9.17) is 4.99 Å². The number of aliphatic imine (C=N–C) groups is 1. The second kappa shape index (κ2) is 9.01. The molecule has 0 radical (unpaired) electrons. The van der Waals surface area contributed by atoms with Gasteiger partial charge in [-0.15, -0.1) is 34.2 Å². The lowest BCUT2D eigenvalue weighted by Gasteiger charge is -2.30. The summed E-state index contributed by atoms with van der Waals surface area (Å²) in [7, 11) is 1.99. The Kier molecular flexibility index (Phi) is 7.31. The molecule has 2 fully saturated rings. The number of aryl methyl sites for hydroxylation is 1. The van der Waals surface area contributed by atoms with Crippen LogP contribution in [-0.2, 0) is 13.6 Å². The van der Waals surface area contributed by atoms with Gasteiger partial charge in [-0.3, -0.25) is 0 Å². The van der Waals surface area contributed by atoms with Crippen molar-refractivity contribution in [3.05, 3.63) is 11.6 Å². The Bertz CT molecular complexity index is 551. The Balaban J connectivity index is 0.00000208. The van der Waals surface area contributed by atoms with E-state index in [1.165, 1.54) is 44.9 Å². The van der Waals surface area contributed by atoms with Crippen LogP contribution in [0.25, 0.3) is 0 Å². The quantitative estimate of drug-likeness (QED) is 0.415. The highest BCUT2D eigenvalue weighted by Gasteiger charge is 2.25. The summed E-state index contributed by atoms with van der Waals surface area (Å²) in [4.78, 5) is 4.76. The predicted octanol–water partition coefficient (Wildman–Crippen LogP) is 2.91. The van der Waals surface area contributed by atoms with E-state index in [0.29, 0.717) is 18.6 Å². The van der Waals surface area contributed by atoms with Crippen LogP contribution in [0.5, 0.6) is 0 Å². The average Bonchev–Trinajstić information content (AvgIpc) is 3.32. The molecule has 24 heavy (non-hydrogen) atoms. The average molecular weight is 446 g/mol. The van der Waals surface area contributed by atoms with E-state index in [2.05, 4.69) is 27.8 Å². The topological polar surface area (TPSA) is 67.1 Å². The Labute approximate surface area is 162 Å². The van der Waals surface area contributed by atoms with Gasteiger partial charge >= 0.3 is 0 Å². The highest BCUT2D eigenvalue weighted by molar-refractivity contribution is 14.0. The van der Waals surface area contributed by atoms with Crippen molar-refractivity contribution in [2.24, 2.45) is 18.0 Å². The number of rotatable bonds is 5. The minimum Gasteiger partial charge on any atom is -0.354 e. The smallest absolute Gasteiger partial charge is 0.192 e. The van der Waals surface area contributed by atoms with Crippen molar-refractivity contribution in [1.82, 2.24) is 25.4 Å². The fraction of sp³-hybridized carbons (Fsp3) is 0.824. The zero-order valence-corrected chi connectivity index (χ0v) is 17.4. The summed E-state index contributed by atoms with van der Waals surface area (Å²) >= 11 is 0. The molecule has 2 aliphatic rings. The maximum atomic E-state index is 4.76. The molecule has 1 aromatic heterocycles. The summed E-state index contributed by atoms with van der Waals surface area (Å²) in [5.74, 6) is 3.66. The maximum absolute atomic E-state index is 4.76. The first kappa shape index (κ1) is 19.5. The van der Waals surface area contributed by atoms with Gasteiger partial charge in [0.05, 0.1) is 0 Å². The zero-order chi connectivity index (χ0) is 16.2.